The Morgan fingerprint density at radius 1 is 1.18 bits per heavy atom. The van der Waals surface area contributed by atoms with Gasteiger partial charge in [0, 0.05) is 0 Å². The smallest absolute Gasteiger partial charge is 0.342 e. The fourth-order valence-corrected chi connectivity index (χ4v) is 4.93. The summed E-state index contributed by atoms with van der Waals surface area (Å²) in [5, 5.41) is 25.7. The van der Waals surface area contributed by atoms with Crippen molar-refractivity contribution < 1.29 is 47.9 Å². The minimum absolute atomic E-state index is 0.196. The number of nitrogens with one attached hydrogen (secondary N) is 2. The zero-order valence-electron chi connectivity index (χ0n) is 18.9. The maximum absolute atomic E-state index is 13.4. The van der Waals surface area contributed by atoms with E-state index in [0.29, 0.717) is 0 Å². The number of esters is 2. The van der Waals surface area contributed by atoms with E-state index in [2.05, 4.69) is 24.6 Å². The first kappa shape index (κ1) is 27.7. The number of nitrogen functional groups attached to an aromatic ring is 1. The predicted molar refractivity (Wildman–Crippen MR) is 114 cm³/mol. The van der Waals surface area contributed by atoms with Gasteiger partial charge in [-0.1, -0.05) is 0 Å². The van der Waals surface area contributed by atoms with Crippen LogP contribution in [0.5, 0.6) is 0 Å². The molecule has 34 heavy (non-hydrogen) atoms. The summed E-state index contributed by atoms with van der Waals surface area (Å²) in [6.07, 6.45) is -4.48. The van der Waals surface area contributed by atoms with Gasteiger partial charge in [0.05, 0.1) is 27.2 Å². The number of aliphatic hydroxyl groups excluding tert-OH is 2. The fourth-order valence-electron chi connectivity index (χ4n) is 3.12. The Morgan fingerprint density at radius 3 is 2.15 bits per heavy atom. The zero-order valence-corrected chi connectivity index (χ0v) is 19.8. The standard InChI is InChI=1S/C17H29N6O10P/c1-7(16(27)30-3)21-34(29,22-8(2)17(28)31-4)32-5-9-11(24)12(25)15(33-9)23-6-20-10(13(23)18)14(19)26/h6-9,11-12,15,24-25H,5,18H2,1-4H3,(H2,19,26)(H2,21,22,29)/t7-,8-,9+,11+,12+,15+/m0/s1. The van der Waals surface area contributed by atoms with Gasteiger partial charge in [-0.15, -0.1) is 0 Å². The van der Waals surface area contributed by atoms with Crippen LogP contribution in [0.25, 0.3) is 0 Å². The molecule has 2 rings (SSSR count). The van der Waals surface area contributed by atoms with Crippen LogP contribution in [0.1, 0.15) is 30.6 Å². The number of carbonyl (C=O) groups excluding carboxylic acids is 3. The normalized spacial score (nSPS) is 24.4. The highest BCUT2D eigenvalue weighted by Crippen LogP contribution is 2.41. The molecule has 0 radical (unpaired) electrons. The Morgan fingerprint density at radius 2 is 1.71 bits per heavy atom. The number of nitrogens with zero attached hydrogens (tertiary/aromatic N) is 2. The van der Waals surface area contributed by atoms with Gasteiger partial charge in [0.25, 0.3) is 5.91 Å². The van der Waals surface area contributed by atoms with E-state index in [0.717, 1.165) is 25.1 Å². The summed E-state index contributed by atoms with van der Waals surface area (Å²) in [6.45, 7) is 2.14. The lowest BCUT2D eigenvalue weighted by Crippen LogP contribution is -2.43. The first-order valence-corrected chi connectivity index (χ1v) is 11.6. The lowest BCUT2D eigenvalue weighted by molar-refractivity contribution is -0.142. The molecule has 1 saturated heterocycles. The summed E-state index contributed by atoms with van der Waals surface area (Å²) >= 11 is 0. The van der Waals surface area contributed by atoms with Gasteiger partial charge in [-0.25, -0.2) is 15.2 Å². The topological polar surface area (TPSA) is 240 Å². The summed E-state index contributed by atoms with van der Waals surface area (Å²) in [7, 11) is -1.89. The molecule has 2 heterocycles. The van der Waals surface area contributed by atoms with Crippen molar-refractivity contribution in [3.05, 3.63) is 12.0 Å². The average Bonchev–Trinajstić information content (AvgIpc) is 3.30. The van der Waals surface area contributed by atoms with E-state index in [1.54, 1.807) is 0 Å². The van der Waals surface area contributed by atoms with Crippen LogP contribution in [0.2, 0.25) is 0 Å². The average molecular weight is 508 g/mol. The number of hydrogen-bond donors (Lipinski definition) is 6. The van der Waals surface area contributed by atoms with Crippen molar-refractivity contribution >= 4 is 31.3 Å². The number of amides is 1. The predicted octanol–water partition coefficient (Wildman–Crippen LogP) is -2.39. The quantitative estimate of drug-likeness (QED) is 0.135. The largest absolute Gasteiger partial charge is 0.468 e. The molecular weight excluding hydrogens is 479 g/mol. The Balaban J connectivity index is 2.18. The summed E-state index contributed by atoms with van der Waals surface area (Å²) in [6, 6.07) is -2.22. The van der Waals surface area contributed by atoms with E-state index in [-0.39, 0.29) is 11.5 Å². The van der Waals surface area contributed by atoms with Gasteiger partial charge in [0.1, 0.15) is 36.2 Å². The number of ether oxygens (including phenoxy) is 3. The Bertz CT molecular complexity index is 929. The van der Waals surface area contributed by atoms with Crippen LogP contribution in [0.3, 0.4) is 0 Å². The summed E-state index contributed by atoms with van der Waals surface area (Å²) in [4.78, 5) is 38.7. The SMILES string of the molecule is COC(=O)[C@H](C)NP(=O)(N[C@@H](C)C(=O)OC)OC[C@H]1O[C@@H](n2cnc(C(N)=O)c2N)[C@H](O)[C@@H]1O. The number of aromatic nitrogens is 2. The number of imidazole rings is 1. The first-order valence-electron chi connectivity index (χ1n) is 9.94. The van der Waals surface area contributed by atoms with Gasteiger partial charge >= 0.3 is 19.6 Å². The van der Waals surface area contributed by atoms with Crippen molar-refractivity contribution in [3.63, 3.8) is 0 Å². The molecule has 8 N–H and O–H groups in total. The van der Waals surface area contributed by atoms with Gasteiger partial charge in [0.15, 0.2) is 11.9 Å². The lowest BCUT2D eigenvalue weighted by atomic mass is 10.1. The highest BCUT2D eigenvalue weighted by molar-refractivity contribution is 7.54. The molecular formula is C17H29N6O10P. The van der Waals surface area contributed by atoms with E-state index < -0.39 is 68.7 Å². The molecule has 1 fully saturated rings. The van der Waals surface area contributed by atoms with Crippen LogP contribution in [0, 0.1) is 0 Å². The molecule has 17 heteroatoms. The number of primary amides is 1. The molecule has 1 aromatic heterocycles. The van der Waals surface area contributed by atoms with Crippen molar-refractivity contribution in [2.75, 3.05) is 26.6 Å². The van der Waals surface area contributed by atoms with Crippen LogP contribution in [0.4, 0.5) is 5.82 Å². The van der Waals surface area contributed by atoms with Crippen LogP contribution in [-0.2, 0) is 32.9 Å². The van der Waals surface area contributed by atoms with Crippen molar-refractivity contribution in [1.29, 1.82) is 0 Å². The van der Waals surface area contributed by atoms with Crippen LogP contribution < -0.4 is 21.6 Å². The maximum atomic E-state index is 13.4. The van der Waals surface area contributed by atoms with Crippen molar-refractivity contribution in [2.24, 2.45) is 5.73 Å². The number of aliphatic hydroxyl groups is 2. The molecule has 1 aromatic rings. The number of nitrogens with two attached hydrogens (primary N) is 2. The van der Waals surface area contributed by atoms with Gasteiger partial charge in [-0.2, -0.15) is 0 Å². The van der Waals surface area contributed by atoms with Gasteiger partial charge in [0.2, 0.25) is 0 Å². The fraction of sp³-hybridized carbons (Fsp3) is 0.647. The van der Waals surface area contributed by atoms with Crippen LogP contribution in [-0.4, -0.2) is 88.8 Å². The second-order valence-corrected chi connectivity index (χ2v) is 9.27. The molecule has 1 amide bonds. The number of rotatable bonds is 11. The van der Waals surface area contributed by atoms with Crippen molar-refractivity contribution in [1.82, 2.24) is 19.7 Å². The van der Waals surface area contributed by atoms with Gasteiger partial charge in [-0.3, -0.25) is 23.5 Å². The summed E-state index contributed by atoms with van der Waals surface area (Å²) in [5.74, 6) is -2.62. The first-order chi connectivity index (χ1) is 15.8. The molecule has 192 valence electrons. The van der Waals surface area contributed by atoms with Crippen LogP contribution >= 0.6 is 7.67 Å². The van der Waals surface area contributed by atoms with E-state index in [4.69, 9.17) is 20.7 Å². The molecule has 6 atom stereocenters. The Labute approximate surface area is 194 Å². The third-order valence-corrected chi connectivity index (χ3v) is 6.90. The Hall–Kier alpha value is -2.59. The third kappa shape index (κ3) is 6.09. The zero-order chi connectivity index (χ0) is 25.8. The molecule has 0 aromatic carbocycles. The molecule has 1 aliphatic rings. The van der Waals surface area contributed by atoms with E-state index in [1.807, 2.05) is 0 Å². The lowest BCUT2D eigenvalue weighted by Gasteiger charge is -2.26. The van der Waals surface area contributed by atoms with Crippen molar-refractivity contribution in [2.45, 2.75) is 50.5 Å². The number of carbonyl (C=O) groups is 3. The molecule has 16 nitrogen and oxygen atoms in total. The number of anilines is 1. The number of hydrogen-bond acceptors (Lipinski definition) is 12. The molecule has 0 aliphatic carbocycles. The van der Waals surface area contributed by atoms with Gasteiger partial charge < -0.3 is 40.4 Å². The molecule has 0 spiro atoms. The minimum atomic E-state index is -4.15. The number of methoxy groups -OCH3 is 2. The second kappa shape index (κ2) is 11.2. The molecule has 0 bridgehead atoms. The second-order valence-electron chi connectivity index (χ2n) is 7.39. The highest BCUT2D eigenvalue weighted by Gasteiger charge is 2.46. The summed E-state index contributed by atoms with van der Waals surface area (Å²) < 4.78 is 34.6. The molecule has 0 unspecified atom stereocenters. The minimum Gasteiger partial charge on any atom is -0.468 e. The van der Waals surface area contributed by atoms with E-state index >= 15 is 0 Å². The summed E-state index contributed by atoms with van der Waals surface area (Å²) in [5.41, 5.74) is 10.7. The molecule has 1 aliphatic heterocycles. The maximum Gasteiger partial charge on any atom is 0.342 e. The Kier molecular flexibility index (Phi) is 9.13. The van der Waals surface area contributed by atoms with E-state index in [1.165, 1.54) is 13.8 Å². The molecule has 0 saturated carbocycles. The monoisotopic (exact) mass is 508 g/mol. The highest BCUT2D eigenvalue weighted by atomic mass is 31.2. The van der Waals surface area contributed by atoms with E-state index in [9.17, 15) is 29.2 Å². The van der Waals surface area contributed by atoms with Gasteiger partial charge in [-0.05, 0) is 13.8 Å². The van der Waals surface area contributed by atoms with Crippen molar-refractivity contribution in [3.8, 4) is 0 Å². The van der Waals surface area contributed by atoms with Crippen LogP contribution in [0.15, 0.2) is 6.33 Å². The third-order valence-electron chi connectivity index (χ3n) is 4.93.